The summed E-state index contributed by atoms with van der Waals surface area (Å²) >= 11 is 3.07. The fraction of sp³-hybridized carbons (Fsp3) is 0.350. The fourth-order valence-corrected chi connectivity index (χ4v) is 4.94. The van der Waals surface area contributed by atoms with Crippen LogP contribution in [0, 0.1) is 0 Å². The molecule has 12 heteroatoms. The first-order chi connectivity index (χ1) is 15.4. The number of aldehydes is 1. The zero-order chi connectivity index (χ0) is 23.3. The van der Waals surface area contributed by atoms with Gasteiger partial charge in [0.25, 0.3) is 24.0 Å². The average molecular weight is 574 g/mol. The Hall–Kier alpha value is -2.45. The molecule has 2 heterocycles. The summed E-state index contributed by atoms with van der Waals surface area (Å²) in [5.41, 5.74) is -1.36. The van der Waals surface area contributed by atoms with E-state index in [4.69, 9.17) is 14.2 Å². The van der Waals surface area contributed by atoms with Crippen LogP contribution in [0.2, 0.25) is 0 Å². The second kappa shape index (κ2) is 10.4. The summed E-state index contributed by atoms with van der Waals surface area (Å²) in [6.45, 7) is 0.259. The van der Waals surface area contributed by atoms with E-state index >= 15 is 0 Å². The molecule has 0 bridgehead atoms. The van der Waals surface area contributed by atoms with E-state index in [0.29, 0.717) is 16.3 Å². The molecule has 0 aromatic heterocycles. The van der Waals surface area contributed by atoms with E-state index in [1.54, 1.807) is 30.3 Å². The molecule has 3 rings (SSSR count). The SMILES string of the molecule is COC1(NC(=O)C(OC=O)c2ccccc2)C(=O)N2C(C(=O)OCCI)C(C=O)=CS[C@H]21. The number of halogens is 1. The zero-order valence-corrected chi connectivity index (χ0v) is 19.7. The van der Waals surface area contributed by atoms with Crippen molar-refractivity contribution in [2.45, 2.75) is 23.2 Å². The summed E-state index contributed by atoms with van der Waals surface area (Å²) in [7, 11) is 1.23. The van der Waals surface area contributed by atoms with Crippen molar-refractivity contribution < 1.29 is 38.2 Å². The van der Waals surface area contributed by atoms with E-state index in [2.05, 4.69) is 5.32 Å². The van der Waals surface area contributed by atoms with Gasteiger partial charge in [-0.1, -0.05) is 52.9 Å². The topological polar surface area (TPSA) is 128 Å². The molecule has 1 aromatic carbocycles. The van der Waals surface area contributed by atoms with E-state index in [1.807, 2.05) is 22.6 Å². The Morgan fingerprint density at radius 3 is 2.62 bits per heavy atom. The predicted octanol–water partition coefficient (Wildman–Crippen LogP) is 0.704. The van der Waals surface area contributed by atoms with E-state index in [9.17, 15) is 24.0 Å². The van der Waals surface area contributed by atoms with Gasteiger partial charge in [-0.2, -0.15) is 0 Å². The molecule has 3 unspecified atom stereocenters. The van der Waals surface area contributed by atoms with Gasteiger partial charge < -0.3 is 24.4 Å². The molecule has 2 aliphatic heterocycles. The third-order valence-corrected chi connectivity index (χ3v) is 6.59. The summed E-state index contributed by atoms with van der Waals surface area (Å²) in [6, 6.07) is 7.01. The number of methoxy groups -OCH3 is 1. The minimum absolute atomic E-state index is 0.0699. The lowest BCUT2D eigenvalue weighted by Crippen LogP contribution is -2.83. The van der Waals surface area contributed by atoms with Crippen molar-refractivity contribution in [2.75, 3.05) is 18.1 Å². The van der Waals surface area contributed by atoms with Crippen LogP contribution in [-0.2, 0) is 38.2 Å². The zero-order valence-electron chi connectivity index (χ0n) is 16.8. The monoisotopic (exact) mass is 574 g/mol. The number of carbonyl (C=O) groups excluding carboxylic acids is 5. The van der Waals surface area contributed by atoms with Crippen LogP contribution < -0.4 is 5.32 Å². The Balaban J connectivity index is 1.87. The Morgan fingerprint density at radius 2 is 2.03 bits per heavy atom. The summed E-state index contributed by atoms with van der Waals surface area (Å²) in [5, 5.41) is 3.11. The number of alkyl halides is 1. The van der Waals surface area contributed by atoms with Gasteiger partial charge in [0, 0.05) is 22.7 Å². The van der Waals surface area contributed by atoms with Crippen LogP contribution in [0.4, 0.5) is 0 Å². The van der Waals surface area contributed by atoms with Gasteiger partial charge in [-0.05, 0) is 5.41 Å². The van der Waals surface area contributed by atoms with E-state index in [1.165, 1.54) is 12.5 Å². The number of thioether (sulfide) groups is 1. The number of amides is 2. The minimum atomic E-state index is -1.83. The third-order valence-electron chi connectivity index (χ3n) is 4.92. The van der Waals surface area contributed by atoms with E-state index < -0.39 is 41.0 Å². The maximum atomic E-state index is 13.2. The Labute approximate surface area is 201 Å². The number of fused-ring (bicyclic) bond motifs is 1. The molecule has 2 aliphatic rings. The largest absolute Gasteiger partial charge is 0.463 e. The number of β-lactam (4-membered cyclic amide) rings is 1. The molecule has 10 nitrogen and oxygen atoms in total. The molecule has 0 spiro atoms. The molecule has 4 atom stereocenters. The highest BCUT2D eigenvalue weighted by Gasteiger charge is 2.68. The third kappa shape index (κ3) is 4.26. The van der Waals surface area contributed by atoms with Gasteiger partial charge in [0.15, 0.2) is 6.04 Å². The maximum Gasteiger partial charge on any atom is 0.333 e. The van der Waals surface area contributed by atoms with Gasteiger partial charge >= 0.3 is 5.97 Å². The normalized spacial score (nSPS) is 24.9. The number of hydrogen-bond donors (Lipinski definition) is 1. The van der Waals surface area contributed by atoms with Crippen LogP contribution in [0.25, 0.3) is 0 Å². The molecule has 0 aliphatic carbocycles. The summed E-state index contributed by atoms with van der Waals surface area (Å²) in [4.78, 5) is 62.3. The smallest absolute Gasteiger partial charge is 0.333 e. The molecular formula is C20H19IN2O8S. The first-order valence-electron chi connectivity index (χ1n) is 9.32. The van der Waals surface area contributed by atoms with Gasteiger partial charge in [0.2, 0.25) is 6.10 Å². The summed E-state index contributed by atoms with van der Waals surface area (Å²) in [6.07, 6.45) is -0.831. The van der Waals surface area contributed by atoms with Gasteiger partial charge in [0.1, 0.15) is 18.3 Å². The molecule has 170 valence electrons. The molecular weight excluding hydrogens is 555 g/mol. The molecule has 0 saturated carbocycles. The first kappa shape index (κ1) is 24.2. The number of nitrogens with zero attached hydrogens (tertiary/aromatic N) is 1. The lowest BCUT2D eigenvalue weighted by atomic mass is 9.94. The molecule has 0 radical (unpaired) electrons. The van der Waals surface area contributed by atoms with Crippen molar-refractivity contribution in [2.24, 2.45) is 0 Å². The van der Waals surface area contributed by atoms with Crippen molar-refractivity contribution in [3.8, 4) is 0 Å². The van der Waals surface area contributed by atoms with Crippen molar-refractivity contribution in [3.05, 3.63) is 46.9 Å². The molecule has 32 heavy (non-hydrogen) atoms. The predicted molar refractivity (Wildman–Crippen MR) is 120 cm³/mol. The molecule has 1 aromatic rings. The van der Waals surface area contributed by atoms with E-state index in [-0.39, 0.29) is 18.7 Å². The Kier molecular flexibility index (Phi) is 7.90. The molecule has 1 N–H and O–H groups in total. The van der Waals surface area contributed by atoms with Crippen LogP contribution in [0.3, 0.4) is 0 Å². The van der Waals surface area contributed by atoms with Crippen LogP contribution in [0.5, 0.6) is 0 Å². The number of hydrogen-bond acceptors (Lipinski definition) is 9. The Morgan fingerprint density at radius 1 is 1.31 bits per heavy atom. The average Bonchev–Trinajstić information content (AvgIpc) is 2.83. The van der Waals surface area contributed by atoms with Crippen molar-refractivity contribution in [1.82, 2.24) is 10.2 Å². The molecule has 1 fully saturated rings. The highest BCUT2D eigenvalue weighted by atomic mass is 127. The quantitative estimate of drug-likeness (QED) is 0.107. The molecule has 2 amide bonds. The summed E-state index contributed by atoms with van der Waals surface area (Å²) < 4.78 is 16.0. The molecule has 1 saturated heterocycles. The second-order valence-corrected chi connectivity index (χ2v) is 8.68. The number of carbonyl (C=O) groups is 5. The number of ether oxygens (including phenoxy) is 3. The minimum Gasteiger partial charge on any atom is -0.463 e. The van der Waals surface area contributed by atoms with Gasteiger partial charge in [-0.3, -0.25) is 19.2 Å². The maximum absolute atomic E-state index is 13.2. The van der Waals surface area contributed by atoms with Crippen LogP contribution >= 0.6 is 34.4 Å². The van der Waals surface area contributed by atoms with Crippen LogP contribution in [0.1, 0.15) is 11.7 Å². The number of rotatable bonds is 10. The van der Waals surface area contributed by atoms with Crippen LogP contribution in [-0.4, -0.2) is 70.7 Å². The first-order valence-corrected chi connectivity index (χ1v) is 11.8. The second-order valence-electron chi connectivity index (χ2n) is 6.65. The van der Waals surface area contributed by atoms with Crippen LogP contribution in [0.15, 0.2) is 41.3 Å². The highest BCUT2D eigenvalue weighted by molar-refractivity contribution is 14.1. The number of benzene rings is 1. The highest BCUT2D eigenvalue weighted by Crippen LogP contribution is 2.46. The lowest BCUT2D eigenvalue weighted by molar-refractivity contribution is -0.203. The Bertz CT molecular complexity index is 943. The standard InChI is InChI=1S/C20H19IN2O8S/c1-29-20(22-16(26)15(31-11-25)12-5-3-2-4-6-12)18(28)23-14(17(27)30-8-7-21)13(9-24)10-32-19(20)23/h2-6,9-11,14-15,19H,7-8H2,1H3,(H,22,26)/t14?,15?,19-,20?/m0/s1. The lowest BCUT2D eigenvalue weighted by Gasteiger charge is -2.57. The van der Waals surface area contributed by atoms with Crippen molar-refractivity contribution in [3.63, 3.8) is 0 Å². The van der Waals surface area contributed by atoms with E-state index in [0.717, 1.165) is 16.7 Å². The van der Waals surface area contributed by atoms with Crippen molar-refractivity contribution >= 4 is 64.9 Å². The summed E-state index contributed by atoms with van der Waals surface area (Å²) in [5.74, 6) is -2.26. The van der Waals surface area contributed by atoms with Gasteiger partial charge in [0.05, 0.1) is 0 Å². The number of nitrogens with one attached hydrogen (secondary N) is 1. The van der Waals surface area contributed by atoms with Crippen molar-refractivity contribution in [1.29, 1.82) is 0 Å². The van der Waals surface area contributed by atoms with Gasteiger partial charge in [-0.15, -0.1) is 11.8 Å². The fourth-order valence-electron chi connectivity index (χ4n) is 3.45. The van der Waals surface area contributed by atoms with Gasteiger partial charge in [-0.25, -0.2) is 4.79 Å². The number of esters is 1.